The Morgan fingerprint density at radius 3 is 1.08 bits per heavy atom. The summed E-state index contributed by atoms with van der Waals surface area (Å²) in [5, 5.41) is 4.10. The molecule has 0 atom stereocenters. The molecule has 0 aromatic carbocycles. The van der Waals surface area contributed by atoms with Crippen LogP contribution in [0.25, 0.3) is 0 Å². The maximum Gasteiger partial charge on any atom is 0.0891 e. The molecule has 0 aliphatic rings. The predicted molar refractivity (Wildman–Crippen MR) is 46.9 cm³/mol. The van der Waals surface area contributed by atoms with Crippen molar-refractivity contribution >= 4 is 23.2 Å². The van der Waals surface area contributed by atoms with E-state index in [1.165, 1.54) is 0 Å². The van der Waals surface area contributed by atoms with Crippen molar-refractivity contribution in [2.45, 2.75) is 0 Å². The molecule has 0 amide bonds. The van der Waals surface area contributed by atoms with Crippen LogP contribution in [0.15, 0.2) is 0 Å². The Kier molecular flexibility index (Phi) is 57.1. The van der Waals surface area contributed by atoms with Crippen LogP contribution in [0.1, 0.15) is 0 Å². The smallest absolute Gasteiger partial charge is 0.0891 e. The third-order valence-corrected chi connectivity index (χ3v) is 1.23. The first-order chi connectivity index (χ1) is 4.83. The van der Waals surface area contributed by atoms with Gasteiger partial charge in [0.05, 0.1) is 38.9 Å². The van der Waals surface area contributed by atoms with Crippen molar-refractivity contribution in [2.75, 3.05) is 38.9 Å². The highest BCUT2D eigenvalue weighted by Crippen LogP contribution is 1.60. The lowest BCUT2D eigenvalue weighted by Gasteiger charge is -1.80. The van der Waals surface area contributed by atoms with Gasteiger partial charge in [-0.3, -0.25) is 0 Å². The van der Waals surface area contributed by atoms with Gasteiger partial charge in [-0.05, 0) is 0 Å². The van der Waals surface area contributed by atoms with Gasteiger partial charge in [0.1, 0.15) is 0 Å². The molecule has 6 heteroatoms. The van der Waals surface area contributed by atoms with E-state index in [9.17, 15) is 0 Å². The van der Waals surface area contributed by atoms with Crippen LogP contribution < -0.4 is 35.4 Å². The molecule has 80 valence electrons. The Hall–Kier alpha value is 1.08. The number of alkyl halides is 2. The second kappa shape index (κ2) is 29.6. The number of halogens is 4. The fraction of sp³-hybridized carbons (Fsp3) is 1.00. The second-order valence-electron chi connectivity index (χ2n) is 1.77. The van der Waals surface area contributed by atoms with Gasteiger partial charge in [0.25, 0.3) is 0 Å². The molecule has 0 saturated carbocycles. The summed E-state index contributed by atoms with van der Waals surface area (Å²) in [4.78, 5) is 0. The highest BCUT2D eigenvalue weighted by molar-refractivity contribution is 6.18. The highest BCUT2D eigenvalue weighted by atomic mass is 35.5. The zero-order valence-electron chi connectivity index (χ0n) is 7.49. The molecular formula is C6H18Cl4N2. The van der Waals surface area contributed by atoms with E-state index >= 15 is 0 Å². The third-order valence-electron chi connectivity index (χ3n) is 0.796. The lowest BCUT2D eigenvalue weighted by molar-refractivity contribution is -0.622. The summed E-state index contributed by atoms with van der Waals surface area (Å²) in [5.74, 6) is 1.52. The summed E-state index contributed by atoms with van der Waals surface area (Å²) in [6, 6.07) is 0. The van der Waals surface area contributed by atoms with Gasteiger partial charge < -0.3 is 35.4 Å². The molecule has 0 saturated heterocycles. The van der Waals surface area contributed by atoms with Crippen molar-refractivity contribution < 1.29 is 35.4 Å². The fourth-order valence-electron chi connectivity index (χ4n) is 0.218. The molecule has 4 N–H and O–H groups in total. The van der Waals surface area contributed by atoms with Crippen LogP contribution in [0, 0.1) is 0 Å². The summed E-state index contributed by atoms with van der Waals surface area (Å²) in [7, 11) is 4.00. The Balaban J connectivity index is -0.0000000457. The minimum atomic E-state index is 0. The van der Waals surface area contributed by atoms with E-state index in [0.717, 1.165) is 24.8 Å². The van der Waals surface area contributed by atoms with Crippen LogP contribution in [-0.2, 0) is 0 Å². The number of hydrogen-bond donors (Lipinski definition) is 2. The molecule has 0 spiro atoms. The van der Waals surface area contributed by atoms with Crippen LogP contribution in [-0.4, -0.2) is 38.9 Å². The van der Waals surface area contributed by atoms with Crippen LogP contribution in [0.2, 0.25) is 0 Å². The normalized spacial score (nSPS) is 7.00. The number of hydrogen-bond acceptors (Lipinski definition) is 0. The first-order valence-corrected chi connectivity index (χ1v) is 4.57. The summed E-state index contributed by atoms with van der Waals surface area (Å²) in [6.07, 6.45) is 0. The van der Waals surface area contributed by atoms with E-state index < -0.39 is 0 Å². The maximum atomic E-state index is 5.27. The first-order valence-electron chi connectivity index (χ1n) is 3.51. The average Bonchev–Trinajstić information content (AvgIpc) is 1.93. The predicted octanol–water partition coefficient (Wildman–Crippen LogP) is -7.16. The number of nitrogens with two attached hydrogens (primary N) is 2. The van der Waals surface area contributed by atoms with Gasteiger partial charge in [0.15, 0.2) is 0 Å². The third kappa shape index (κ3) is 43.6. The standard InChI is InChI=1S/2C3H8ClN.2ClH/c2*1-5-3-2-4;;/h2*5H,2-3H2,1H3;2*1H. The molecule has 0 heterocycles. The molecule has 0 aliphatic carbocycles. The molecule has 0 aromatic rings. The second-order valence-corrected chi connectivity index (χ2v) is 2.53. The summed E-state index contributed by atoms with van der Waals surface area (Å²) in [6.45, 7) is 2.06. The zero-order chi connectivity index (χ0) is 8.24. The average molecular weight is 260 g/mol. The summed E-state index contributed by atoms with van der Waals surface area (Å²) >= 11 is 10.5. The fourth-order valence-corrected chi connectivity index (χ4v) is 0.655. The van der Waals surface area contributed by atoms with Gasteiger partial charge in [-0.2, -0.15) is 0 Å². The van der Waals surface area contributed by atoms with E-state index in [-0.39, 0.29) is 24.8 Å². The van der Waals surface area contributed by atoms with Crippen molar-refractivity contribution in [3.05, 3.63) is 0 Å². The van der Waals surface area contributed by atoms with Gasteiger partial charge in [-0.15, -0.1) is 23.2 Å². The van der Waals surface area contributed by atoms with E-state index in [4.69, 9.17) is 23.2 Å². The molecule has 12 heavy (non-hydrogen) atoms. The molecule has 2 nitrogen and oxygen atoms in total. The van der Waals surface area contributed by atoms with Crippen molar-refractivity contribution in [3.63, 3.8) is 0 Å². The number of rotatable bonds is 4. The molecule has 0 aliphatic heterocycles. The largest absolute Gasteiger partial charge is 1.00 e. The summed E-state index contributed by atoms with van der Waals surface area (Å²) in [5.41, 5.74) is 0. The molecule has 0 rings (SSSR count). The van der Waals surface area contributed by atoms with Gasteiger partial charge >= 0.3 is 0 Å². The quantitative estimate of drug-likeness (QED) is 0.471. The van der Waals surface area contributed by atoms with Crippen molar-refractivity contribution in [1.29, 1.82) is 0 Å². The zero-order valence-corrected chi connectivity index (χ0v) is 10.5. The Labute approximate surface area is 97.6 Å². The molecule has 0 radical (unpaired) electrons. The number of quaternary nitrogens is 2. The molecule has 0 fully saturated rings. The lowest BCUT2D eigenvalue weighted by atomic mass is 10.8. The van der Waals surface area contributed by atoms with Crippen LogP contribution >= 0.6 is 23.2 Å². The van der Waals surface area contributed by atoms with E-state index in [2.05, 4.69) is 0 Å². The molecular weight excluding hydrogens is 242 g/mol. The Morgan fingerprint density at radius 2 is 1.08 bits per heavy atom. The molecule has 0 aromatic heterocycles. The van der Waals surface area contributed by atoms with E-state index in [1.54, 1.807) is 0 Å². The highest BCUT2D eigenvalue weighted by Gasteiger charge is 1.71. The van der Waals surface area contributed by atoms with Crippen molar-refractivity contribution in [2.24, 2.45) is 0 Å². The van der Waals surface area contributed by atoms with E-state index in [0.29, 0.717) is 0 Å². The van der Waals surface area contributed by atoms with Crippen molar-refractivity contribution in [1.82, 2.24) is 0 Å². The first kappa shape index (κ1) is 23.2. The minimum absolute atomic E-state index is 0. The van der Waals surface area contributed by atoms with Gasteiger partial charge in [-0.1, -0.05) is 0 Å². The topological polar surface area (TPSA) is 33.2 Å². The molecule has 0 unspecified atom stereocenters. The van der Waals surface area contributed by atoms with Crippen LogP contribution in [0.3, 0.4) is 0 Å². The van der Waals surface area contributed by atoms with E-state index in [1.807, 2.05) is 24.7 Å². The van der Waals surface area contributed by atoms with Crippen LogP contribution in [0.5, 0.6) is 0 Å². The van der Waals surface area contributed by atoms with Crippen molar-refractivity contribution in [3.8, 4) is 0 Å². The van der Waals surface area contributed by atoms with Gasteiger partial charge in [-0.25, -0.2) is 0 Å². The Morgan fingerprint density at radius 1 is 0.833 bits per heavy atom. The van der Waals surface area contributed by atoms with Gasteiger partial charge in [0.2, 0.25) is 0 Å². The summed E-state index contributed by atoms with van der Waals surface area (Å²) < 4.78 is 0. The van der Waals surface area contributed by atoms with Gasteiger partial charge in [0, 0.05) is 0 Å². The minimum Gasteiger partial charge on any atom is -1.00 e. The maximum absolute atomic E-state index is 5.27. The Bertz CT molecular complexity index is 38.5. The van der Waals surface area contributed by atoms with Crippen LogP contribution in [0.4, 0.5) is 0 Å². The SMILES string of the molecule is C[NH2+]CCCl.C[NH2+]CCCl.[Cl-].[Cl-]. The monoisotopic (exact) mass is 258 g/mol. The molecule has 0 bridgehead atoms. The lowest BCUT2D eigenvalue weighted by Crippen LogP contribution is -3.00.